The molecular weight excluding hydrogens is 284 g/mol. The topological polar surface area (TPSA) is 45.5 Å². The van der Waals surface area contributed by atoms with Gasteiger partial charge < -0.3 is 5.11 Å². The van der Waals surface area contributed by atoms with Gasteiger partial charge in [-0.15, -0.1) is 0 Å². The van der Waals surface area contributed by atoms with Crippen molar-refractivity contribution < 1.29 is 5.11 Å². The molecule has 3 aromatic carbocycles. The van der Waals surface area contributed by atoms with Crippen LogP contribution >= 0.6 is 0 Å². The van der Waals surface area contributed by atoms with Crippen molar-refractivity contribution in [1.82, 2.24) is 4.98 Å². The van der Waals surface area contributed by atoms with Crippen LogP contribution in [0.15, 0.2) is 77.8 Å². The van der Waals surface area contributed by atoms with E-state index in [0.717, 1.165) is 21.7 Å². The molecule has 0 atom stereocenters. The highest BCUT2D eigenvalue weighted by atomic mass is 16.3. The Morgan fingerprint density at radius 2 is 1.52 bits per heavy atom. The first kappa shape index (κ1) is 13.5. The third-order valence-electron chi connectivity index (χ3n) is 3.86. The average Bonchev–Trinajstić information content (AvgIpc) is 2.61. The summed E-state index contributed by atoms with van der Waals surface area (Å²) in [6.07, 6.45) is 1.68. The number of fused-ring (bicyclic) bond motifs is 2. The van der Waals surface area contributed by atoms with E-state index in [1.165, 1.54) is 0 Å². The van der Waals surface area contributed by atoms with Crippen molar-refractivity contribution in [3.05, 3.63) is 78.4 Å². The molecule has 0 aliphatic rings. The van der Waals surface area contributed by atoms with Gasteiger partial charge in [0.2, 0.25) is 0 Å². The maximum absolute atomic E-state index is 10.1. The number of nitrogens with zero attached hydrogens (tertiary/aromatic N) is 2. The highest BCUT2D eigenvalue weighted by Crippen LogP contribution is 2.26. The van der Waals surface area contributed by atoms with E-state index in [1.54, 1.807) is 12.3 Å². The van der Waals surface area contributed by atoms with E-state index in [-0.39, 0.29) is 5.75 Å². The van der Waals surface area contributed by atoms with E-state index in [4.69, 9.17) is 0 Å². The Labute approximate surface area is 133 Å². The first-order valence-electron chi connectivity index (χ1n) is 7.42. The van der Waals surface area contributed by atoms with Crippen LogP contribution in [0.4, 0.5) is 5.82 Å². The summed E-state index contributed by atoms with van der Waals surface area (Å²) < 4.78 is 0. The van der Waals surface area contributed by atoms with Crippen molar-refractivity contribution in [3.8, 4) is 5.75 Å². The highest BCUT2D eigenvalue weighted by molar-refractivity contribution is 6.03. The molecule has 0 saturated heterocycles. The van der Waals surface area contributed by atoms with Crippen molar-refractivity contribution in [3.63, 3.8) is 0 Å². The molecule has 4 aromatic rings. The van der Waals surface area contributed by atoms with Crippen molar-refractivity contribution in [2.45, 2.75) is 0 Å². The van der Waals surface area contributed by atoms with Gasteiger partial charge in [0.1, 0.15) is 5.75 Å². The zero-order valence-electron chi connectivity index (χ0n) is 12.3. The van der Waals surface area contributed by atoms with Crippen LogP contribution in [0.5, 0.6) is 5.75 Å². The second kappa shape index (κ2) is 5.54. The predicted octanol–water partition coefficient (Wildman–Crippen LogP) is 4.84. The van der Waals surface area contributed by atoms with Crippen LogP contribution in [0.2, 0.25) is 0 Å². The molecule has 0 saturated carbocycles. The zero-order chi connectivity index (χ0) is 15.6. The minimum Gasteiger partial charge on any atom is -0.507 e. The van der Waals surface area contributed by atoms with E-state index in [9.17, 15) is 5.11 Å². The molecule has 3 heteroatoms. The van der Waals surface area contributed by atoms with Gasteiger partial charge in [0.15, 0.2) is 5.82 Å². The number of benzene rings is 3. The summed E-state index contributed by atoms with van der Waals surface area (Å²) >= 11 is 0. The molecule has 0 fully saturated rings. The molecule has 0 spiro atoms. The second-order valence-corrected chi connectivity index (χ2v) is 5.34. The number of aromatic hydroxyl groups is 1. The fraction of sp³-hybridized carbons (Fsp3) is 0. The third kappa shape index (κ3) is 2.53. The van der Waals surface area contributed by atoms with Crippen LogP contribution < -0.4 is 0 Å². The fourth-order valence-electron chi connectivity index (χ4n) is 2.68. The summed E-state index contributed by atoms with van der Waals surface area (Å²) in [6, 6.07) is 23.3. The minimum absolute atomic E-state index is 0.216. The maximum Gasteiger partial charge on any atom is 0.152 e. The molecule has 1 aromatic heterocycles. The molecule has 1 heterocycles. The van der Waals surface area contributed by atoms with Crippen LogP contribution in [0.25, 0.3) is 21.7 Å². The molecule has 110 valence electrons. The number of hydrogen-bond donors (Lipinski definition) is 1. The second-order valence-electron chi connectivity index (χ2n) is 5.34. The summed E-state index contributed by atoms with van der Waals surface area (Å²) in [5.74, 6) is 0.837. The number of pyridine rings is 1. The number of rotatable bonds is 2. The van der Waals surface area contributed by atoms with Gasteiger partial charge in [-0.25, -0.2) is 9.98 Å². The van der Waals surface area contributed by atoms with Crippen LogP contribution in [0.3, 0.4) is 0 Å². The van der Waals surface area contributed by atoms with Crippen molar-refractivity contribution in [2.75, 3.05) is 0 Å². The molecule has 4 rings (SSSR count). The van der Waals surface area contributed by atoms with Crippen LogP contribution in [0, 0.1) is 0 Å². The monoisotopic (exact) mass is 298 g/mol. The van der Waals surface area contributed by atoms with Crippen LogP contribution in [-0.2, 0) is 0 Å². The summed E-state index contributed by atoms with van der Waals surface area (Å²) in [6.45, 7) is 0. The number of para-hydroxylation sites is 1. The molecule has 0 radical (unpaired) electrons. The van der Waals surface area contributed by atoms with Crippen molar-refractivity contribution in [1.29, 1.82) is 0 Å². The van der Waals surface area contributed by atoms with Gasteiger partial charge in [0.25, 0.3) is 0 Å². The van der Waals surface area contributed by atoms with E-state index in [1.807, 2.05) is 66.7 Å². The molecule has 0 bridgehead atoms. The molecular formula is C20H14N2O. The van der Waals surface area contributed by atoms with Gasteiger partial charge in [-0.1, -0.05) is 48.5 Å². The van der Waals surface area contributed by atoms with Crippen LogP contribution in [-0.4, -0.2) is 16.3 Å². The number of phenolic OH excluding ortho intramolecular Hbond substituents is 1. The lowest BCUT2D eigenvalue weighted by Crippen LogP contribution is -1.86. The average molecular weight is 298 g/mol. The summed E-state index contributed by atoms with van der Waals surface area (Å²) in [4.78, 5) is 8.96. The molecule has 0 amide bonds. The lowest BCUT2D eigenvalue weighted by atomic mass is 10.0. The lowest BCUT2D eigenvalue weighted by Gasteiger charge is -2.04. The predicted molar refractivity (Wildman–Crippen MR) is 94.6 cm³/mol. The Morgan fingerprint density at radius 3 is 2.43 bits per heavy atom. The molecule has 0 unspecified atom stereocenters. The van der Waals surface area contributed by atoms with Gasteiger partial charge in [-0.2, -0.15) is 0 Å². The van der Waals surface area contributed by atoms with E-state index < -0.39 is 0 Å². The molecule has 0 aliphatic heterocycles. The van der Waals surface area contributed by atoms with Gasteiger partial charge >= 0.3 is 0 Å². The van der Waals surface area contributed by atoms with Crippen LogP contribution in [0.1, 0.15) is 5.56 Å². The quantitative estimate of drug-likeness (QED) is 0.538. The minimum atomic E-state index is 0.216. The first-order valence-corrected chi connectivity index (χ1v) is 7.42. The van der Waals surface area contributed by atoms with Crippen molar-refractivity contribution in [2.24, 2.45) is 4.99 Å². The third-order valence-corrected chi connectivity index (χ3v) is 3.86. The number of aromatic nitrogens is 1. The number of hydrogen-bond acceptors (Lipinski definition) is 3. The Balaban J connectivity index is 1.79. The van der Waals surface area contributed by atoms with Crippen molar-refractivity contribution >= 4 is 33.7 Å². The number of phenols is 1. The van der Waals surface area contributed by atoms with Gasteiger partial charge in [0, 0.05) is 17.2 Å². The Kier molecular flexibility index (Phi) is 3.24. The molecule has 0 aliphatic carbocycles. The number of aliphatic imine (C=N–C) groups is 1. The van der Waals surface area contributed by atoms with Gasteiger partial charge in [-0.05, 0) is 35.0 Å². The fourth-order valence-corrected chi connectivity index (χ4v) is 2.68. The summed E-state index contributed by atoms with van der Waals surface area (Å²) in [5.41, 5.74) is 1.61. The Hall–Kier alpha value is -3.20. The smallest absolute Gasteiger partial charge is 0.152 e. The molecule has 23 heavy (non-hydrogen) atoms. The highest BCUT2D eigenvalue weighted by Gasteiger charge is 2.04. The first-order chi connectivity index (χ1) is 11.3. The lowest BCUT2D eigenvalue weighted by molar-refractivity contribution is 0.475. The summed E-state index contributed by atoms with van der Waals surface area (Å²) in [7, 11) is 0. The molecule has 1 N–H and O–H groups in total. The largest absolute Gasteiger partial charge is 0.507 e. The standard InChI is InChI=1S/C20H14N2O/c23-19-11-9-14-5-1-3-7-16(14)17(19)13-21-20-12-10-15-6-2-4-8-18(15)22-20/h1-13,23H. The van der Waals surface area contributed by atoms with Gasteiger partial charge in [-0.3, -0.25) is 0 Å². The Morgan fingerprint density at radius 1 is 0.783 bits per heavy atom. The Bertz CT molecular complexity index is 1040. The normalized spacial score (nSPS) is 11.5. The SMILES string of the molecule is Oc1ccc2ccccc2c1C=Nc1ccc2ccccc2n1. The van der Waals surface area contributed by atoms with E-state index in [0.29, 0.717) is 11.4 Å². The zero-order valence-corrected chi connectivity index (χ0v) is 12.3. The maximum atomic E-state index is 10.1. The van der Waals surface area contributed by atoms with E-state index in [2.05, 4.69) is 9.98 Å². The van der Waals surface area contributed by atoms with Gasteiger partial charge in [0.05, 0.1) is 5.52 Å². The van der Waals surface area contributed by atoms with E-state index >= 15 is 0 Å². The molecule has 3 nitrogen and oxygen atoms in total. The summed E-state index contributed by atoms with van der Waals surface area (Å²) in [5, 5.41) is 13.3.